The Morgan fingerprint density at radius 2 is 1.83 bits per heavy atom. The number of ether oxygens (including phenoxy) is 2. The monoisotopic (exact) mass is 485 g/mol. The Bertz CT molecular complexity index is 1540. The van der Waals surface area contributed by atoms with Gasteiger partial charge in [-0.15, -0.1) is 0 Å². The Balaban J connectivity index is 1.69. The number of benzene rings is 3. The zero-order chi connectivity index (χ0) is 25.4. The summed E-state index contributed by atoms with van der Waals surface area (Å²) in [6.07, 6.45) is 1.63. The molecule has 1 amide bonds. The van der Waals surface area contributed by atoms with Crippen molar-refractivity contribution in [3.8, 4) is 11.5 Å². The van der Waals surface area contributed by atoms with E-state index in [4.69, 9.17) is 13.9 Å². The maximum absolute atomic E-state index is 13.8. The maximum atomic E-state index is 13.8. The molecular formula is C29H24FNO5. The largest absolute Gasteiger partial charge is 0.493 e. The molecule has 1 atom stereocenters. The predicted molar refractivity (Wildman–Crippen MR) is 134 cm³/mol. The fourth-order valence-corrected chi connectivity index (χ4v) is 4.55. The van der Waals surface area contributed by atoms with E-state index in [1.54, 1.807) is 53.4 Å². The Kier molecular flexibility index (Phi) is 6.06. The summed E-state index contributed by atoms with van der Waals surface area (Å²) in [5.74, 6) is 0.193. The van der Waals surface area contributed by atoms with Gasteiger partial charge in [-0.3, -0.25) is 9.59 Å². The van der Waals surface area contributed by atoms with E-state index in [0.29, 0.717) is 40.2 Å². The van der Waals surface area contributed by atoms with E-state index in [1.807, 2.05) is 13.0 Å². The number of carbonyl (C=O) groups excluding carboxylic acids is 1. The molecule has 3 aromatic carbocycles. The standard InChI is InChI=1S/C29H24FNO5/c1-4-13-35-23-12-8-19(15-24(23)34-3)26-25-27(32)21-14-17(2)5-11-22(21)36-28(25)29(33)31(26)16-18-6-9-20(30)10-7-18/h4-12,14-15,26H,1,13,16H2,2-3H3. The SMILES string of the molecule is C=CCOc1ccc(C2c3c(oc4ccc(C)cc4c3=O)C(=O)N2Cc2ccc(F)cc2)cc1OC. The molecular weight excluding hydrogens is 461 g/mol. The van der Waals surface area contributed by atoms with Crippen LogP contribution in [0.5, 0.6) is 11.5 Å². The summed E-state index contributed by atoms with van der Waals surface area (Å²) in [5.41, 5.74) is 2.64. The van der Waals surface area contributed by atoms with Crippen molar-refractivity contribution >= 4 is 16.9 Å². The minimum Gasteiger partial charge on any atom is -0.493 e. The minimum absolute atomic E-state index is 0.00872. The summed E-state index contributed by atoms with van der Waals surface area (Å²) in [5, 5.41) is 0.410. The molecule has 0 bridgehead atoms. The quantitative estimate of drug-likeness (QED) is 0.321. The maximum Gasteiger partial charge on any atom is 0.291 e. The first kappa shape index (κ1) is 23.4. The topological polar surface area (TPSA) is 69.0 Å². The molecule has 36 heavy (non-hydrogen) atoms. The number of hydrogen-bond donors (Lipinski definition) is 0. The van der Waals surface area contributed by atoms with Gasteiger partial charge in [0, 0.05) is 6.54 Å². The van der Waals surface area contributed by atoms with Gasteiger partial charge in [-0.25, -0.2) is 4.39 Å². The molecule has 6 nitrogen and oxygen atoms in total. The van der Waals surface area contributed by atoms with Gasteiger partial charge in [-0.1, -0.05) is 42.5 Å². The summed E-state index contributed by atoms with van der Waals surface area (Å²) < 4.78 is 30.7. The molecule has 2 heterocycles. The molecule has 1 aliphatic rings. The van der Waals surface area contributed by atoms with Gasteiger partial charge in [0.2, 0.25) is 5.76 Å². The lowest BCUT2D eigenvalue weighted by atomic mass is 9.97. The Morgan fingerprint density at radius 3 is 2.56 bits per heavy atom. The molecule has 0 aliphatic carbocycles. The zero-order valence-corrected chi connectivity index (χ0v) is 19.9. The van der Waals surface area contributed by atoms with Gasteiger partial charge in [-0.05, 0) is 54.4 Å². The van der Waals surface area contributed by atoms with Crippen molar-refractivity contribution in [3.63, 3.8) is 0 Å². The van der Waals surface area contributed by atoms with Crippen LogP contribution in [0.4, 0.5) is 4.39 Å². The highest BCUT2D eigenvalue weighted by Gasteiger charge is 2.43. The summed E-state index contributed by atoms with van der Waals surface area (Å²) in [6, 6.07) is 15.8. The lowest BCUT2D eigenvalue weighted by molar-refractivity contribution is 0.0714. The van der Waals surface area contributed by atoms with E-state index in [0.717, 1.165) is 5.56 Å². The molecule has 1 aliphatic heterocycles. The molecule has 1 unspecified atom stereocenters. The molecule has 5 rings (SSSR count). The van der Waals surface area contributed by atoms with Gasteiger partial charge >= 0.3 is 0 Å². The Hall–Kier alpha value is -4.39. The fourth-order valence-electron chi connectivity index (χ4n) is 4.55. The van der Waals surface area contributed by atoms with E-state index < -0.39 is 11.9 Å². The van der Waals surface area contributed by atoms with Crippen molar-refractivity contribution < 1.29 is 23.1 Å². The third kappa shape index (κ3) is 4.02. The molecule has 0 saturated carbocycles. The number of rotatable bonds is 7. The average Bonchev–Trinajstić information content (AvgIpc) is 3.16. The highest BCUT2D eigenvalue weighted by molar-refractivity contribution is 5.99. The van der Waals surface area contributed by atoms with Crippen LogP contribution in [0.1, 0.15) is 38.9 Å². The molecule has 4 aromatic rings. The van der Waals surface area contributed by atoms with Crippen LogP contribution in [0.15, 0.2) is 82.5 Å². The molecule has 0 fully saturated rings. The molecule has 0 spiro atoms. The van der Waals surface area contributed by atoms with E-state index >= 15 is 0 Å². The van der Waals surface area contributed by atoms with Crippen LogP contribution in [-0.4, -0.2) is 24.5 Å². The van der Waals surface area contributed by atoms with Crippen LogP contribution in [0, 0.1) is 12.7 Å². The van der Waals surface area contributed by atoms with Crippen molar-refractivity contribution in [2.45, 2.75) is 19.5 Å². The third-order valence-electron chi connectivity index (χ3n) is 6.25. The van der Waals surface area contributed by atoms with Crippen LogP contribution in [0.3, 0.4) is 0 Å². The Morgan fingerprint density at radius 1 is 1.06 bits per heavy atom. The van der Waals surface area contributed by atoms with Gasteiger partial charge < -0.3 is 18.8 Å². The number of hydrogen-bond acceptors (Lipinski definition) is 5. The number of nitrogens with zero attached hydrogens (tertiary/aromatic N) is 1. The van der Waals surface area contributed by atoms with Gasteiger partial charge in [0.25, 0.3) is 5.91 Å². The van der Waals surface area contributed by atoms with Crippen molar-refractivity contribution in [1.82, 2.24) is 4.90 Å². The molecule has 0 N–H and O–H groups in total. The van der Waals surface area contributed by atoms with Crippen LogP contribution < -0.4 is 14.9 Å². The zero-order valence-electron chi connectivity index (χ0n) is 19.9. The van der Waals surface area contributed by atoms with E-state index in [-0.39, 0.29) is 29.1 Å². The van der Waals surface area contributed by atoms with E-state index in [9.17, 15) is 14.0 Å². The predicted octanol–water partition coefficient (Wildman–Crippen LogP) is 5.56. The first-order valence-corrected chi connectivity index (χ1v) is 11.5. The fraction of sp³-hybridized carbons (Fsp3) is 0.172. The van der Waals surface area contributed by atoms with Crippen LogP contribution in [-0.2, 0) is 6.54 Å². The first-order chi connectivity index (χ1) is 17.4. The molecule has 1 aromatic heterocycles. The molecule has 0 saturated heterocycles. The van der Waals surface area contributed by atoms with Gasteiger partial charge in [0.1, 0.15) is 18.0 Å². The van der Waals surface area contributed by atoms with Crippen LogP contribution in [0.25, 0.3) is 11.0 Å². The highest BCUT2D eigenvalue weighted by Crippen LogP contribution is 2.41. The van der Waals surface area contributed by atoms with Crippen molar-refractivity contribution in [2.75, 3.05) is 13.7 Å². The number of carbonyl (C=O) groups is 1. The number of amides is 1. The van der Waals surface area contributed by atoms with E-state index in [2.05, 4.69) is 6.58 Å². The molecule has 7 heteroatoms. The normalized spacial score (nSPS) is 14.7. The minimum atomic E-state index is -0.735. The summed E-state index contributed by atoms with van der Waals surface area (Å²) >= 11 is 0. The van der Waals surface area contributed by atoms with E-state index in [1.165, 1.54) is 19.2 Å². The number of halogens is 1. The first-order valence-electron chi connectivity index (χ1n) is 11.5. The summed E-state index contributed by atoms with van der Waals surface area (Å²) in [4.78, 5) is 28.9. The smallest absolute Gasteiger partial charge is 0.291 e. The lowest BCUT2D eigenvalue weighted by Gasteiger charge is -2.26. The van der Waals surface area contributed by atoms with Gasteiger partial charge in [0.05, 0.1) is 24.1 Å². The van der Waals surface area contributed by atoms with Crippen LogP contribution >= 0.6 is 0 Å². The van der Waals surface area contributed by atoms with Gasteiger partial charge in [-0.2, -0.15) is 0 Å². The van der Waals surface area contributed by atoms with Crippen molar-refractivity contribution in [2.24, 2.45) is 0 Å². The third-order valence-corrected chi connectivity index (χ3v) is 6.25. The Labute approximate surface area is 207 Å². The summed E-state index contributed by atoms with van der Waals surface area (Å²) in [7, 11) is 1.52. The van der Waals surface area contributed by atoms with Crippen LogP contribution in [0.2, 0.25) is 0 Å². The number of methoxy groups -OCH3 is 1. The second-order valence-corrected chi connectivity index (χ2v) is 8.65. The lowest BCUT2D eigenvalue weighted by Crippen LogP contribution is -2.29. The molecule has 0 radical (unpaired) electrons. The highest BCUT2D eigenvalue weighted by atomic mass is 19.1. The number of fused-ring (bicyclic) bond motifs is 2. The van der Waals surface area contributed by atoms with Crippen molar-refractivity contribution in [3.05, 3.63) is 117 Å². The summed E-state index contributed by atoms with van der Waals surface area (Å²) in [6.45, 7) is 6.00. The number of aryl methyl sites for hydroxylation is 1. The van der Waals surface area contributed by atoms with Gasteiger partial charge in [0.15, 0.2) is 16.9 Å². The second-order valence-electron chi connectivity index (χ2n) is 8.65. The average molecular weight is 486 g/mol. The van der Waals surface area contributed by atoms with Crippen molar-refractivity contribution in [1.29, 1.82) is 0 Å². The molecule has 182 valence electrons. The second kappa shape index (κ2) is 9.34.